The van der Waals surface area contributed by atoms with Gasteiger partial charge in [-0.1, -0.05) is 13.8 Å². The smallest absolute Gasteiger partial charge is 0.161 e. The highest BCUT2D eigenvalue weighted by molar-refractivity contribution is 6.20. The van der Waals surface area contributed by atoms with E-state index in [1.54, 1.807) is 7.11 Å². The lowest BCUT2D eigenvalue weighted by Crippen LogP contribution is -2.49. The van der Waals surface area contributed by atoms with Gasteiger partial charge in [0.2, 0.25) is 0 Å². The maximum atomic E-state index is 12.1. The Bertz CT molecular complexity index is 499. The number of methoxy groups -OCH3 is 1. The van der Waals surface area contributed by atoms with E-state index in [9.17, 15) is 4.79 Å². The first-order chi connectivity index (χ1) is 14.0. The third kappa shape index (κ3) is 6.92. The predicted molar refractivity (Wildman–Crippen MR) is 121 cm³/mol. The topological polar surface area (TPSA) is 41.6 Å². The zero-order valence-electron chi connectivity index (χ0n) is 18.9. The van der Waals surface area contributed by atoms with E-state index in [2.05, 4.69) is 24.1 Å². The average Bonchev–Trinajstić information content (AvgIpc) is 2.72. The summed E-state index contributed by atoms with van der Waals surface area (Å²) < 4.78 is 5.29. The molecule has 1 aliphatic heterocycles. The molecule has 2 aliphatic carbocycles. The number of alkyl halides is 1. The fourth-order valence-corrected chi connectivity index (χ4v) is 6.01. The van der Waals surface area contributed by atoms with Crippen LogP contribution in [0.5, 0.6) is 0 Å². The van der Waals surface area contributed by atoms with Crippen molar-refractivity contribution in [1.29, 1.82) is 0 Å². The number of piperidine rings is 1. The summed E-state index contributed by atoms with van der Waals surface area (Å²) in [4.78, 5) is 14.8. The van der Waals surface area contributed by atoms with Crippen LogP contribution in [0.4, 0.5) is 0 Å². The van der Waals surface area contributed by atoms with Crippen molar-refractivity contribution in [3.8, 4) is 0 Å². The van der Waals surface area contributed by atoms with Crippen LogP contribution in [-0.2, 0) is 9.53 Å². The van der Waals surface area contributed by atoms with E-state index in [0.717, 1.165) is 37.8 Å². The van der Waals surface area contributed by atoms with Crippen LogP contribution in [0.25, 0.3) is 0 Å². The highest BCUT2D eigenvalue weighted by Gasteiger charge is 2.32. The van der Waals surface area contributed by atoms with Crippen LogP contribution in [0.3, 0.4) is 0 Å². The zero-order chi connectivity index (χ0) is 20.8. The Hall–Kier alpha value is -0.160. The number of likely N-dealkylation sites (tertiary alicyclic amines) is 1. The van der Waals surface area contributed by atoms with Crippen LogP contribution in [0, 0.1) is 23.7 Å². The number of hydrogen-bond donors (Lipinski definition) is 1. The second-order valence-corrected chi connectivity index (χ2v) is 10.9. The van der Waals surface area contributed by atoms with Gasteiger partial charge >= 0.3 is 0 Å². The number of carbonyl (C=O) groups excluding carboxylic acids is 1. The summed E-state index contributed by atoms with van der Waals surface area (Å²) in [6.07, 6.45) is 10.3. The maximum Gasteiger partial charge on any atom is 0.161 e. The predicted octanol–water partition coefficient (Wildman–Crippen LogP) is 4.49. The lowest BCUT2D eigenvalue weighted by Gasteiger charge is -2.40. The number of nitrogens with one attached hydrogen (secondary N) is 1. The largest absolute Gasteiger partial charge is 0.374 e. The number of ketones is 1. The number of nitrogens with zero attached hydrogens (tertiary/aromatic N) is 1. The van der Waals surface area contributed by atoms with Crippen LogP contribution < -0.4 is 5.32 Å². The van der Waals surface area contributed by atoms with Crippen molar-refractivity contribution < 1.29 is 9.53 Å². The number of hydrogen-bond acceptors (Lipinski definition) is 4. The number of ether oxygens (including phenoxy) is 1. The Kier molecular flexibility index (Phi) is 9.28. The molecule has 4 nitrogen and oxygen atoms in total. The van der Waals surface area contributed by atoms with Gasteiger partial charge in [-0.2, -0.15) is 0 Å². The van der Waals surface area contributed by atoms with Crippen LogP contribution >= 0.6 is 11.6 Å². The first-order valence-electron chi connectivity index (χ1n) is 12.1. The second kappa shape index (κ2) is 11.5. The van der Waals surface area contributed by atoms with Crippen LogP contribution in [-0.4, -0.2) is 61.5 Å². The minimum atomic E-state index is -0.159. The monoisotopic (exact) mass is 426 g/mol. The zero-order valence-corrected chi connectivity index (χ0v) is 19.6. The lowest BCUT2D eigenvalue weighted by atomic mass is 9.75. The van der Waals surface area contributed by atoms with Crippen molar-refractivity contribution in [3.05, 3.63) is 0 Å². The molecule has 3 rings (SSSR count). The number of Topliss-reactive ketones (excluding diaryl/α,β-unsaturated/α-hetero) is 1. The van der Waals surface area contributed by atoms with Crippen molar-refractivity contribution in [1.82, 2.24) is 10.2 Å². The first kappa shape index (κ1) is 23.5. The Morgan fingerprint density at radius 2 is 1.69 bits per heavy atom. The normalized spacial score (nSPS) is 33.9. The molecule has 0 amide bonds. The van der Waals surface area contributed by atoms with E-state index in [1.807, 2.05) is 0 Å². The molecule has 2 saturated carbocycles. The third-order valence-electron chi connectivity index (χ3n) is 7.90. The molecule has 3 atom stereocenters. The van der Waals surface area contributed by atoms with Gasteiger partial charge in [-0.15, -0.1) is 11.6 Å². The van der Waals surface area contributed by atoms with E-state index in [4.69, 9.17) is 16.3 Å². The second-order valence-electron chi connectivity index (χ2n) is 10.2. The highest BCUT2D eigenvalue weighted by atomic mass is 35.5. The molecule has 168 valence electrons. The molecule has 0 spiro atoms. The van der Waals surface area contributed by atoms with Gasteiger partial charge in [0.05, 0.1) is 0 Å². The SMILES string of the molecule is COC1CCC(CN[C@@H](CN2CCC(C3CCC(Cl)CC3)CC2)C(C)C)CC1=O. The Balaban J connectivity index is 1.39. The summed E-state index contributed by atoms with van der Waals surface area (Å²) in [6.45, 7) is 9.23. The highest BCUT2D eigenvalue weighted by Crippen LogP contribution is 2.37. The average molecular weight is 427 g/mol. The van der Waals surface area contributed by atoms with Gasteiger partial charge in [-0.25, -0.2) is 0 Å². The molecule has 3 aliphatic rings. The van der Waals surface area contributed by atoms with E-state index < -0.39 is 0 Å². The summed E-state index contributed by atoms with van der Waals surface area (Å²) in [5.41, 5.74) is 0. The van der Waals surface area contributed by atoms with Gasteiger partial charge in [-0.05, 0) is 94.7 Å². The quantitative estimate of drug-likeness (QED) is 0.580. The van der Waals surface area contributed by atoms with Gasteiger partial charge in [0.1, 0.15) is 6.10 Å². The van der Waals surface area contributed by atoms with Crippen molar-refractivity contribution in [2.75, 3.05) is 33.3 Å². The molecule has 3 fully saturated rings. The molecule has 29 heavy (non-hydrogen) atoms. The fourth-order valence-electron chi connectivity index (χ4n) is 5.75. The third-order valence-corrected chi connectivity index (χ3v) is 8.34. The molecule has 1 N–H and O–H groups in total. The van der Waals surface area contributed by atoms with Crippen LogP contribution in [0.15, 0.2) is 0 Å². The molecule has 2 unspecified atom stereocenters. The number of rotatable bonds is 8. The van der Waals surface area contributed by atoms with Gasteiger partial charge in [-0.3, -0.25) is 4.79 Å². The van der Waals surface area contributed by atoms with Crippen LogP contribution in [0.1, 0.15) is 71.6 Å². The lowest BCUT2D eigenvalue weighted by molar-refractivity contribution is -0.132. The Labute approximate surface area is 183 Å². The molecule has 0 radical (unpaired) electrons. The van der Waals surface area contributed by atoms with Gasteiger partial charge in [0, 0.05) is 31.5 Å². The van der Waals surface area contributed by atoms with E-state index in [1.165, 1.54) is 51.6 Å². The molecular weight excluding hydrogens is 384 g/mol. The molecule has 0 aromatic heterocycles. The van der Waals surface area contributed by atoms with Crippen molar-refractivity contribution >= 4 is 17.4 Å². The Morgan fingerprint density at radius 1 is 1.03 bits per heavy atom. The van der Waals surface area contributed by atoms with Gasteiger partial charge in [0.15, 0.2) is 5.78 Å². The first-order valence-corrected chi connectivity index (χ1v) is 12.5. The van der Waals surface area contributed by atoms with Gasteiger partial charge in [0.25, 0.3) is 0 Å². The number of halogens is 1. The van der Waals surface area contributed by atoms with E-state index >= 15 is 0 Å². The molecular formula is C24H43ClN2O2. The molecule has 0 aromatic rings. The summed E-state index contributed by atoms with van der Waals surface area (Å²) >= 11 is 6.30. The van der Waals surface area contributed by atoms with Gasteiger partial charge < -0.3 is 15.0 Å². The molecule has 0 aromatic carbocycles. The van der Waals surface area contributed by atoms with Crippen molar-refractivity contribution in [3.63, 3.8) is 0 Å². The summed E-state index contributed by atoms with van der Waals surface area (Å²) in [5, 5.41) is 4.25. The Morgan fingerprint density at radius 3 is 2.28 bits per heavy atom. The maximum absolute atomic E-state index is 12.1. The van der Waals surface area contributed by atoms with Crippen molar-refractivity contribution in [2.24, 2.45) is 23.7 Å². The minimum Gasteiger partial charge on any atom is -0.374 e. The van der Waals surface area contributed by atoms with Crippen LogP contribution in [0.2, 0.25) is 0 Å². The molecule has 1 heterocycles. The fraction of sp³-hybridized carbons (Fsp3) is 0.958. The molecule has 5 heteroatoms. The standard InChI is InChI=1S/C24H43ClN2O2/c1-17(2)22(26-15-18-4-9-24(29-3)23(28)14-18)16-27-12-10-20(11-13-27)19-5-7-21(25)8-6-19/h17-22,24,26H,4-16H2,1-3H3/t18?,19?,21?,22-,24?/m0/s1. The number of carbonyl (C=O) groups is 1. The summed E-state index contributed by atoms with van der Waals surface area (Å²) in [6, 6.07) is 0.508. The summed E-state index contributed by atoms with van der Waals surface area (Å²) in [7, 11) is 1.65. The van der Waals surface area contributed by atoms with E-state index in [0.29, 0.717) is 29.7 Å². The molecule has 0 bridgehead atoms. The van der Waals surface area contributed by atoms with E-state index in [-0.39, 0.29) is 11.9 Å². The van der Waals surface area contributed by atoms with Crippen molar-refractivity contribution in [2.45, 2.75) is 89.2 Å². The minimum absolute atomic E-state index is 0.159. The summed E-state index contributed by atoms with van der Waals surface area (Å²) in [5.74, 6) is 3.21. The molecule has 1 saturated heterocycles.